The van der Waals surface area contributed by atoms with Crippen LogP contribution in [0.4, 0.5) is 11.5 Å². The number of nitrogen functional groups attached to an aromatic ring is 1. The fourth-order valence-corrected chi connectivity index (χ4v) is 5.11. The maximum absolute atomic E-state index is 13.0. The molecule has 1 aromatic heterocycles. The molecule has 0 bridgehead atoms. The Bertz CT molecular complexity index is 1370. The third kappa shape index (κ3) is 5.88. The topological polar surface area (TPSA) is 139 Å². The monoisotopic (exact) mass is 530 g/mol. The highest BCUT2D eigenvalue weighted by Crippen LogP contribution is 2.24. The molecule has 0 unspecified atom stereocenters. The summed E-state index contributed by atoms with van der Waals surface area (Å²) >= 11 is 0. The third-order valence-electron chi connectivity index (χ3n) is 5.79. The summed E-state index contributed by atoms with van der Waals surface area (Å²) < 4.78 is 27.4. The third-order valence-corrected chi connectivity index (χ3v) is 7.71. The van der Waals surface area contributed by atoms with Crippen LogP contribution in [0.1, 0.15) is 27.8 Å². The Hall–Kier alpha value is -3.38. The predicted octanol–water partition coefficient (Wildman–Crippen LogP) is 2.54. The molecule has 0 aliphatic carbocycles. The Morgan fingerprint density at radius 2 is 1.69 bits per heavy atom. The molecule has 12 heteroatoms. The summed E-state index contributed by atoms with van der Waals surface area (Å²) in [5.74, 6) is -0.754. The summed E-state index contributed by atoms with van der Waals surface area (Å²) in [6.45, 7) is 3.69. The summed E-state index contributed by atoms with van der Waals surface area (Å²) in [4.78, 5) is 35.1. The first-order valence-corrected chi connectivity index (χ1v) is 12.4. The minimum atomic E-state index is -3.59. The zero-order valence-electron chi connectivity index (χ0n) is 19.8. The summed E-state index contributed by atoms with van der Waals surface area (Å²) in [5, 5.41) is 2.68. The molecule has 36 heavy (non-hydrogen) atoms. The SMILES string of the molecule is CC(=O)c1cccc(NC(=O)c2nc(-c3ccc(S(=O)(=O)N4CCN(C)CC4)cc3)cnc2N)c1.Cl. The smallest absolute Gasteiger partial charge is 0.278 e. The summed E-state index contributed by atoms with van der Waals surface area (Å²) in [6, 6.07) is 12.8. The van der Waals surface area contributed by atoms with Gasteiger partial charge in [0, 0.05) is 43.0 Å². The molecular formula is C24H27ClN6O4S. The van der Waals surface area contributed by atoms with E-state index in [9.17, 15) is 18.0 Å². The van der Waals surface area contributed by atoms with Crippen LogP contribution in [-0.4, -0.2) is 72.5 Å². The molecule has 0 saturated carbocycles. The fraction of sp³-hybridized carbons (Fsp3) is 0.250. The Balaban J connectivity index is 0.00000361. The molecule has 2 aromatic carbocycles. The van der Waals surface area contributed by atoms with Gasteiger partial charge in [-0.05, 0) is 38.2 Å². The van der Waals surface area contributed by atoms with Crippen molar-refractivity contribution < 1.29 is 18.0 Å². The van der Waals surface area contributed by atoms with Crippen LogP contribution in [0, 0.1) is 0 Å². The van der Waals surface area contributed by atoms with E-state index >= 15 is 0 Å². The first-order chi connectivity index (χ1) is 16.6. The van der Waals surface area contributed by atoms with Gasteiger partial charge in [-0.1, -0.05) is 24.3 Å². The van der Waals surface area contributed by atoms with Gasteiger partial charge in [0.05, 0.1) is 16.8 Å². The molecule has 0 radical (unpaired) electrons. The lowest BCUT2D eigenvalue weighted by Gasteiger charge is -2.31. The van der Waals surface area contributed by atoms with E-state index in [1.54, 1.807) is 36.4 Å². The molecule has 3 N–H and O–H groups in total. The van der Waals surface area contributed by atoms with Gasteiger partial charge in [0.15, 0.2) is 17.3 Å². The number of halogens is 1. The second-order valence-electron chi connectivity index (χ2n) is 8.31. The molecule has 1 amide bonds. The summed E-state index contributed by atoms with van der Waals surface area (Å²) in [6.07, 6.45) is 1.42. The average Bonchev–Trinajstić information content (AvgIpc) is 2.85. The van der Waals surface area contributed by atoms with Crippen molar-refractivity contribution in [3.05, 3.63) is 66.0 Å². The number of nitrogens with two attached hydrogens (primary N) is 1. The van der Waals surface area contributed by atoms with Crippen molar-refractivity contribution in [3.8, 4) is 11.3 Å². The standard InChI is InChI=1S/C24H26N6O4S.ClH/c1-16(31)18-4-3-5-19(14-18)27-24(32)22-23(25)26-15-21(28-22)17-6-8-20(9-7-17)35(33,34)30-12-10-29(2)11-13-30;/h3-9,14-15H,10-13H2,1-2H3,(H2,25,26)(H,27,32);1H. The maximum atomic E-state index is 13.0. The number of rotatable bonds is 6. The van der Waals surface area contributed by atoms with E-state index in [1.165, 1.54) is 29.6 Å². The van der Waals surface area contributed by atoms with Crippen molar-refractivity contribution in [1.29, 1.82) is 0 Å². The average molecular weight is 531 g/mol. The minimum Gasteiger partial charge on any atom is -0.382 e. The van der Waals surface area contributed by atoms with Crippen molar-refractivity contribution >= 4 is 45.6 Å². The lowest BCUT2D eigenvalue weighted by molar-refractivity contribution is 0.100. The van der Waals surface area contributed by atoms with Crippen LogP contribution in [0.5, 0.6) is 0 Å². The van der Waals surface area contributed by atoms with Crippen molar-refractivity contribution in [2.24, 2.45) is 0 Å². The Kier molecular flexibility index (Phi) is 8.41. The molecule has 190 valence electrons. The molecule has 1 fully saturated rings. The van der Waals surface area contributed by atoms with Crippen LogP contribution in [0.3, 0.4) is 0 Å². The number of carbonyl (C=O) groups is 2. The minimum absolute atomic E-state index is 0. The second kappa shape index (κ2) is 11.1. The number of nitrogens with one attached hydrogen (secondary N) is 1. The molecular weight excluding hydrogens is 504 g/mol. The molecule has 1 aliphatic heterocycles. The number of sulfonamides is 1. The van der Waals surface area contributed by atoms with Crippen LogP contribution in [0.25, 0.3) is 11.3 Å². The largest absolute Gasteiger partial charge is 0.382 e. The number of anilines is 2. The molecule has 4 rings (SSSR count). The highest BCUT2D eigenvalue weighted by molar-refractivity contribution is 7.89. The van der Waals surface area contributed by atoms with Gasteiger partial charge >= 0.3 is 0 Å². The molecule has 1 aliphatic rings. The molecule has 0 spiro atoms. The normalized spacial score (nSPS) is 14.6. The zero-order valence-corrected chi connectivity index (χ0v) is 21.5. The second-order valence-corrected chi connectivity index (χ2v) is 10.2. The summed E-state index contributed by atoms with van der Waals surface area (Å²) in [5.41, 5.74) is 7.65. The quantitative estimate of drug-likeness (QED) is 0.463. The molecule has 2 heterocycles. The van der Waals surface area contributed by atoms with Gasteiger partial charge in [0.25, 0.3) is 5.91 Å². The van der Waals surface area contributed by atoms with E-state index in [1.807, 2.05) is 7.05 Å². The van der Waals surface area contributed by atoms with Gasteiger partial charge in [-0.2, -0.15) is 4.31 Å². The number of nitrogens with zero attached hydrogens (tertiary/aromatic N) is 4. The zero-order chi connectivity index (χ0) is 25.2. The lowest BCUT2D eigenvalue weighted by Crippen LogP contribution is -2.46. The van der Waals surface area contributed by atoms with E-state index in [0.717, 1.165) is 0 Å². The Morgan fingerprint density at radius 3 is 2.33 bits per heavy atom. The van der Waals surface area contributed by atoms with Crippen molar-refractivity contribution in [2.45, 2.75) is 11.8 Å². The Labute approximate surface area is 216 Å². The van der Waals surface area contributed by atoms with Gasteiger partial charge in [-0.15, -0.1) is 12.4 Å². The fourth-order valence-electron chi connectivity index (χ4n) is 3.69. The van der Waals surface area contributed by atoms with Crippen LogP contribution >= 0.6 is 12.4 Å². The molecule has 1 saturated heterocycles. The first-order valence-electron chi connectivity index (χ1n) is 11.0. The van der Waals surface area contributed by atoms with Gasteiger partial charge < -0.3 is 16.0 Å². The number of carbonyl (C=O) groups excluding carboxylic acids is 2. The highest BCUT2D eigenvalue weighted by Gasteiger charge is 2.27. The van der Waals surface area contributed by atoms with Gasteiger partial charge in [-0.25, -0.2) is 18.4 Å². The number of hydrogen-bond acceptors (Lipinski definition) is 8. The Morgan fingerprint density at radius 1 is 1.03 bits per heavy atom. The first kappa shape index (κ1) is 27.2. The van der Waals surface area contributed by atoms with Gasteiger partial charge in [0.1, 0.15) is 0 Å². The number of hydrogen-bond donors (Lipinski definition) is 2. The van der Waals surface area contributed by atoms with Crippen LogP contribution in [-0.2, 0) is 10.0 Å². The van der Waals surface area contributed by atoms with E-state index < -0.39 is 15.9 Å². The summed E-state index contributed by atoms with van der Waals surface area (Å²) in [7, 11) is -1.63. The van der Waals surface area contributed by atoms with Crippen LogP contribution in [0.15, 0.2) is 59.6 Å². The van der Waals surface area contributed by atoms with Gasteiger partial charge in [-0.3, -0.25) is 9.59 Å². The highest BCUT2D eigenvalue weighted by atomic mass is 35.5. The van der Waals surface area contributed by atoms with E-state index in [4.69, 9.17) is 5.73 Å². The number of aromatic nitrogens is 2. The van der Waals surface area contributed by atoms with E-state index in [2.05, 4.69) is 20.2 Å². The molecule has 10 nitrogen and oxygen atoms in total. The van der Waals surface area contributed by atoms with Crippen molar-refractivity contribution in [1.82, 2.24) is 19.2 Å². The number of piperazine rings is 1. The van der Waals surface area contributed by atoms with Crippen LogP contribution in [0.2, 0.25) is 0 Å². The number of Topliss-reactive ketones (excluding diaryl/α,β-unsaturated/α-hetero) is 1. The molecule has 3 aromatic rings. The molecule has 0 atom stereocenters. The van der Waals surface area contributed by atoms with Crippen molar-refractivity contribution in [2.75, 3.05) is 44.3 Å². The van der Waals surface area contributed by atoms with E-state index in [0.29, 0.717) is 48.7 Å². The number of amides is 1. The van der Waals surface area contributed by atoms with Crippen LogP contribution < -0.4 is 11.1 Å². The lowest BCUT2D eigenvalue weighted by atomic mass is 10.1. The van der Waals surface area contributed by atoms with Gasteiger partial charge in [0.2, 0.25) is 10.0 Å². The number of benzene rings is 2. The van der Waals surface area contributed by atoms with Crippen molar-refractivity contribution in [3.63, 3.8) is 0 Å². The number of ketones is 1. The predicted molar refractivity (Wildman–Crippen MR) is 140 cm³/mol. The van der Waals surface area contributed by atoms with E-state index in [-0.39, 0.29) is 34.6 Å². The maximum Gasteiger partial charge on any atom is 0.278 e. The number of likely N-dealkylation sites (N-methyl/N-ethyl adjacent to an activating group) is 1.